The summed E-state index contributed by atoms with van der Waals surface area (Å²) in [6.45, 7) is 13.8. The highest BCUT2D eigenvalue weighted by molar-refractivity contribution is 5.94. The van der Waals surface area contributed by atoms with Crippen LogP contribution >= 0.6 is 0 Å². The van der Waals surface area contributed by atoms with Gasteiger partial charge >= 0.3 is 0 Å². The molecule has 0 heterocycles. The number of carbonyl (C=O) groups excluding carboxylic acids is 2. The minimum Gasteiger partial charge on any atom is -0.345 e. The molecule has 1 aliphatic carbocycles. The topological polar surface area (TPSA) is 46.2 Å². The van der Waals surface area contributed by atoms with E-state index in [1.165, 1.54) is 0 Å². The molecule has 1 amide bonds. The Morgan fingerprint density at radius 1 is 1.11 bits per heavy atom. The molecule has 3 nitrogen and oxygen atoms in total. The first kappa shape index (κ1) is 15.2. The number of hydrogen-bond donors (Lipinski definition) is 1. The first-order chi connectivity index (χ1) is 7.94. The van der Waals surface area contributed by atoms with E-state index in [9.17, 15) is 9.59 Å². The predicted molar refractivity (Wildman–Crippen MR) is 73.1 cm³/mol. The minimum atomic E-state index is -0.430. The smallest absolute Gasteiger partial charge is 0.223 e. The molecule has 1 saturated carbocycles. The summed E-state index contributed by atoms with van der Waals surface area (Å²) in [7, 11) is 0. The van der Waals surface area contributed by atoms with Crippen molar-refractivity contribution in [2.75, 3.05) is 0 Å². The molecule has 2 unspecified atom stereocenters. The van der Waals surface area contributed by atoms with Crippen LogP contribution in [0.3, 0.4) is 0 Å². The summed E-state index contributed by atoms with van der Waals surface area (Å²) in [6, 6.07) is -0.405. The summed E-state index contributed by atoms with van der Waals surface area (Å²) in [5.74, 6) is 0.731. The molecule has 18 heavy (non-hydrogen) atoms. The lowest BCUT2D eigenvalue weighted by molar-refractivity contribution is -0.135. The lowest BCUT2D eigenvalue weighted by Gasteiger charge is -2.34. The molecular weight excluding hydrogens is 226 g/mol. The third-order valence-corrected chi connectivity index (χ3v) is 3.60. The normalized spacial score (nSPS) is 25.5. The maximum absolute atomic E-state index is 12.5. The molecule has 0 spiro atoms. The van der Waals surface area contributed by atoms with Crippen molar-refractivity contribution in [3.8, 4) is 0 Å². The van der Waals surface area contributed by atoms with Crippen molar-refractivity contribution in [1.82, 2.24) is 5.32 Å². The van der Waals surface area contributed by atoms with Crippen LogP contribution in [0.15, 0.2) is 0 Å². The second-order valence-electron chi connectivity index (χ2n) is 7.74. The van der Waals surface area contributed by atoms with Gasteiger partial charge in [0.1, 0.15) is 0 Å². The van der Waals surface area contributed by atoms with E-state index in [4.69, 9.17) is 0 Å². The molecule has 0 aromatic carbocycles. The van der Waals surface area contributed by atoms with Crippen LogP contribution in [0.1, 0.15) is 54.9 Å². The van der Waals surface area contributed by atoms with E-state index >= 15 is 0 Å². The highest BCUT2D eigenvalue weighted by Gasteiger charge is 2.44. The van der Waals surface area contributed by atoms with Crippen molar-refractivity contribution in [3.05, 3.63) is 0 Å². The Morgan fingerprint density at radius 3 is 1.83 bits per heavy atom. The van der Waals surface area contributed by atoms with E-state index in [1.807, 2.05) is 41.5 Å². The Kier molecular flexibility index (Phi) is 3.94. The first-order valence-corrected chi connectivity index (χ1v) is 6.79. The zero-order chi connectivity index (χ0) is 14.3. The van der Waals surface area contributed by atoms with Gasteiger partial charge in [-0.15, -0.1) is 0 Å². The van der Waals surface area contributed by atoms with E-state index in [1.54, 1.807) is 0 Å². The molecule has 3 atom stereocenters. The van der Waals surface area contributed by atoms with Gasteiger partial charge in [0.05, 0.1) is 6.04 Å². The molecule has 1 N–H and O–H groups in total. The van der Waals surface area contributed by atoms with Crippen molar-refractivity contribution < 1.29 is 9.59 Å². The van der Waals surface area contributed by atoms with Crippen molar-refractivity contribution in [2.45, 2.75) is 60.9 Å². The number of rotatable bonds is 3. The van der Waals surface area contributed by atoms with Gasteiger partial charge in [0.25, 0.3) is 0 Å². The molecule has 0 aliphatic heterocycles. The first-order valence-electron chi connectivity index (χ1n) is 6.79. The van der Waals surface area contributed by atoms with Crippen LogP contribution in [-0.4, -0.2) is 17.7 Å². The van der Waals surface area contributed by atoms with E-state index in [0.29, 0.717) is 5.92 Å². The molecule has 1 aliphatic rings. The summed E-state index contributed by atoms with van der Waals surface area (Å²) in [6.07, 6.45) is 0.951. The monoisotopic (exact) mass is 253 g/mol. The molecule has 1 fully saturated rings. The van der Waals surface area contributed by atoms with Crippen molar-refractivity contribution in [3.63, 3.8) is 0 Å². The van der Waals surface area contributed by atoms with Crippen LogP contribution in [-0.2, 0) is 9.59 Å². The van der Waals surface area contributed by atoms with Crippen LogP contribution in [0, 0.1) is 22.7 Å². The van der Waals surface area contributed by atoms with Gasteiger partial charge < -0.3 is 5.32 Å². The third-order valence-electron chi connectivity index (χ3n) is 3.60. The highest BCUT2D eigenvalue weighted by Crippen LogP contribution is 2.38. The van der Waals surface area contributed by atoms with Gasteiger partial charge in [-0.25, -0.2) is 0 Å². The lowest BCUT2D eigenvalue weighted by Crippen LogP contribution is -2.53. The minimum absolute atomic E-state index is 0.0417. The van der Waals surface area contributed by atoms with Gasteiger partial charge in [0, 0.05) is 11.3 Å². The van der Waals surface area contributed by atoms with Gasteiger partial charge in [-0.05, 0) is 17.8 Å². The fourth-order valence-electron chi connectivity index (χ4n) is 2.05. The van der Waals surface area contributed by atoms with E-state index in [0.717, 1.165) is 6.42 Å². The number of carbonyl (C=O) groups is 2. The molecule has 0 radical (unpaired) electrons. The number of Topliss-reactive ketones (excluding diaryl/α,β-unsaturated/α-hetero) is 1. The van der Waals surface area contributed by atoms with Gasteiger partial charge in [-0.2, -0.15) is 0 Å². The zero-order valence-electron chi connectivity index (χ0n) is 12.8. The fraction of sp³-hybridized carbons (Fsp3) is 0.867. The average molecular weight is 253 g/mol. The maximum atomic E-state index is 12.5. The van der Waals surface area contributed by atoms with Gasteiger partial charge in [0.2, 0.25) is 5.91 Å². The summed E-state index contributed by atoms with van der Waals surface area (Å²) in [5.41, 5.74) is -0.682. The molecule has 104 valence electrons. The Labute approximate surface area is 111 Å². The largest absolute Gasteiger partial charge is 0.345 e. The Morgan fingerprint density at radius 2 is 1.56 bits per heavy atom. The Balaban J connectivity index is 2.80. The van der Waals surface area contributed by atoms with Gasteiger partial charge in [-0.3, -0.25) is 9.59 Å². The lowest BCUT2D eigenvalue weighted by atomic mass is 9.75. The van der Waals surface area contributed by atoms with E-state index in [2.05, 4.69) is 12.2 Å². The SMILES string of the molecule is CC1CC1C(=O)N[C@H](C(=O)C(C)(C)C)C(C)(C)C. The average Bonchev–Trinajstić information content (AvgIpc) is 2.87. The van der Waals surface area contributed by atoms with Crippen LogP contribution < -0.4 is 5.32 Å². The second kappa shape index (κ2) is 4.67. The summed E-state index contributed by atoms with van der Waals surface area (Å²) in [4.78, 5) is 24.5. The maximum Gasteiger partial charge on any atom is 0.223 e. The molecule has 0 saturated heterocycles. The standard InChI is InChI=1S/C15H27NO2/c1-9-8-10(9)13(18)16-11(14(2,3)4)12(17)15(5,6)7/h9-11H,8H2,1-7H3,(H,16,18)/t9?,10?,11-/m1/s1. The van der Waals surface area contributed by atoms with Crippen molar-refractivity contribution in [2.24, 2.45) is 22.7 Å². The van der Waals surface area contributed by atoms with Crippen molar-refractivity contribution in [1.29, 1.82) is 0 Å². The molecule has 0 aromatic rings. The zero-order valence-corrected chi connectivity index (χ0v) is 12.8. The number of ketones is 1. The van der Waals surface area contributed by atoms with Gasteiger partial charge in [-0.1, -0.05) is 48.5 Å². The highest BCUT2D eigenvalue weighted by atomic mass is 16.2. The predicted octanol–water partition coefficient (Wildman–Crippen LogP) is 2.79. The number of amides is 1. The number of nitrogens with one attached hydrogen (secondary N) is 1. The van der Waals surface area contributed by atoms with Crippen LogP contribution in [0.5, 0.6) is 0 Å². The van der Waals surface area contributed by atoms with Crippen molar-refractivity contribution >= 4 is 11.7 Å². The Bertz CT molecular complexity index is 346. The summed E-state index contributed by atoms with van der Waals surface area (Å²) < 4.78 is 0. The molecule has 0 aromatic heterocycles. The summed E-state index contributed by atoms with van der Waals surface area (Å²) >= 11 is 0. The van der Waals surface area contributed by atoms with E-state index in [-0.39, 0.29) is 23.0 Å². The number of hydrogen-bond acceptors (Lipinski definition) is 2. The molecular formula is C15H27NO2. The third kappa shape index (κ3) is 3.56. The Hall–Kier alpha value is -0.860. The fourth-order valence-corrected chi connectivity index (χ4v) is 2.05. The van der Waals surface area contributed by atoms with Crippen LogP contribution in [0.4, 0.5) is 0 Å². The second-order valence-corrected chi connectivity index (χ2v) is 7.74. The molecule has 0 bridgehead atoms. The molecule has 1 rings (SSSR count). The molecule has 3 heteroatoms. The van der Waals surface area contributed by atoms with Crippen LogP contribution in [0.2, 0.25) is 0 Å². The van der Waals surface area contributed by atoms with Crippen LogP contribution in [0.25, 0.3) is 0 Å². The summed E-state index contributed by atoms with van der Waals surface area (Å²) in [5, 5.41) is 2.97. The van der Waals surface area contributed by atoms with E-state index < -0.39 is 11.5 Å². The van der Waals surface area contributed by atoms with Gasteiger partial charge in [0.15, 0.2) is 5.78 Å². The quantitative estimate of drug-likeness (QED) is 0.840.